The second-order valence-electron chi connectivity index (χ2n) is 7.23. The molecule has 0 bridgehead atoms. The van der Waals surface area contributed by atoms with E-state index in [1.54, 1.807) is 41.3 Å². The molecule has 0 saturated heterocycles. The number of aryl methyl sites for hydroxylation is 1. The van der Waals surface area contributed by atoms with Crippen LogP contribution in [0.5, 0.6) is 11.5 Å². The van der Waals surface area contributed by atoms with Crippen LogP contribution in [0.1, 0.15) is 18.1 Å². The third-order valence-corrected chi connectivity index (χ3v) is 6.35. The summed E-state index contributed by atoms with van der Waals surface area (Å²) < 4.78 is 34.6. The van der Waals surface area contributed by atoms with Gasteiger partial charge in [0.2, 0.25) is 5.91 Å². The molecular formula is C23H22N2O4S. The Morgan fingerprint density at radius 2 is 1.83 bits per heavy atom. The predicted octanol–water partition coefficient (Wildman–Crippen LogP) is 4.50. The van der Waals surface area contributed by atoms with Crippen molar-refractivity contribution in [2.45, 2.75) is 25.2 Å². The van der Waals surface area contributed by atoms with E-state index in [9.17, 15) is 13.2 Å². The number of sulfonamides is 1. The molecule has 7 heteroatoms. The van der Waals surface area contributed by atoms with E-state index < -0.39 is 10.0 Å². The molecule has 4 rings (SSSR count). The summed E-state index contributed by atoms with van der Waals surface area (Å²) in [5.41, 5.74) is 3.01. The fraction of sp³-hybridized carbons (Fsp3) is 0.174. The molecular weight excluding hydrogens is 400 g/mol. The molecule has 3 aromatic carbocycles. The molecule has 0 radical (unpaired) electrons. The minimum atomic E-state index is -3.83. The van der Waals surface area contributed by atoms with Gasteiger partial charge in [0.1, 0.15) is 5.75 Å². The molecule has 154 valence electrons. The topological polar surface area (TPSA) is 75.7 Å². The maximum atomic E-state index is 13.0. The maximum Gasteiger partial charge on any atom is 0.262 e. The Labute approximate surface area is 176 Å². The van der Waals surface area contributed by atoms with Gasteiger partial charge >= 0.3 is 0 Å². The number of nitrogens with one attached hydrogen (secondary N) is 1. The van der Waals surface area contributed by atoms with Crippen LogP contribution in [0, 0.1) is 6.92 Å². The summed E-state index contributed by atoms with van der Waals surface area (Å²) in [5.74, 6) is 0.990. The van der Waals surface area contributed by atoms with Gasteiger partial charge in [-0.1, -0.05) is 24.3 Å². The Bertz CT molecular complexity index is 1220. The maximum absolute atomic E-state index is 13.0. The van der Waals surface area contributed by atoms with Crippen molar-refractivity contribution >= 4 is 27.3 Å². The zero-order valence-corrected chi connectivity index (χ0v) is 17.6. The zero-order chi connectivity index (χ0) is 21.3. The van der Waals surface area contributed by atoms with Crippen molar-refractivity contribution in [3.8, 4) is 11.5 Å². The van der Waals surface area contributed by atoms with Gasteiger partial charge in [-0.2, -0.15) is 0 Å². The molecule has 1 aliphatic heterocycles. The Hall–Kier alpha value is -3.32. The highest BCUT2D eigenvalue weighted by Crippen LogP contribution is 2.33. The van der Waals surface area contributed by atoms with Gasteiger partial charge in [0.15, 0.2) is 5.75 Å². The average Bonchev–Trinajstić information content (AvgIpc) is 3.13. The summed E-state index contributed by atoms with van der Waals surface area (Å²) in [7, 11) is -3.83. The van der Waals surface area contributed by atoms with Crippen LogP contribution in [-0.2, 0) is 21.2 Å². The molecule has 30 heavy (non-hydrogen) atoms. The SMILES string of the molecule is CC(=O)N1CCc2cc(S(=O)(=O)Nc3ccccc3Oc3cccc(C)c3)ccc21. The van der Waals surface area contributed by atoms with Crippen molar-refractivity contribution in [3.63, 3.8) is 0 Å². The lowest BCUT2D eigenvalue weighted by Crippen LogP contribution is -2.25. The third-order valence-electron chi connectivity index (χ3n) is 4.99. The molecule has 1 heterocycles. The summed E-state index contributed by atoms with van der Waals surface area (Å²) in [6.45, 7) is 4.03. The van der Waals surface area contributed by atoms with E-state index in [1.807, 2.05) is 31.2 Å². The number of hydrogen-bond donors (Lipinski definition) is 1. The van der Waals surface area contributed by atoms with E-state index in [4.69, 9.17) is 4.74 Å². The number of carbonyl (C=O) groups excluding carboxylic acids is 1. The van der Waals surface area contributed by atoms with Crippen LogP contribution in [0.3, 0.4) is 0 Å². The van der Waals surface area contributed by atoms with Crippen molar-refractivity contribution in [1.82, 2.24) is 0 Å². The first kappa shape index (κ1) is 20.0. The van der Waals surface area contributed by atoms with Gasteiger partial charge in [-0.3, -0.25) is 9.52 Å². The monoisotopic (exact) mass is 422 g/mol. The van der Waals surface area contributed by atoms with Crippen molar-refractivity contribution in [1.29, 1.82) is 0 Å². The number of amides is 1. The fourth-order valence-corrected chi connectivity index (χ4v) is 4.64. The van der Waals surface area contributed by atoms with E-state index in [2.05, 4.69) is 4.72 Å². The highest BCUT2D eigenvalue weighted by molar-refractivity contribution is 7.92. The van der Waals surface area contributed by atoms with Gasteiger partial charge in [0.25, 0.3) is 10.0 Å². The third kappa shape index (κ3) is 4.02. The lowest BCUT2D eigenvalue weighted by Gasteiger charge is -2.16. The van der Waals surface area contributed by atoms with Crippen molar-refractivity contribution < 1.29 is 17.9 Å². The molecule has 1 aliphatic rings. The number of hydrogen-bond acceptors (Lipinski definition) is 4. The highest BCUT2D eigenvalue weighted by atomic mass is 32.2. The molecule has 0 saturated carbocycles. The summed E-state index contributed by atoms with van der Waals surface area (Å²) in [6, 6.07) is 19.3. The second kappa shape index (κ2) is 7.84. The largest absolute Gasteiger partial charge is 0.455 e. The summed E-state index contributed by atoms with van der Waals surface area (Å²) in [4.78, 5) is 13.5. The van der Waals surface area contributed by atoms with E-state index in [1.165, 1.54) is 13.0 Å². The van der Waals surface area contributed by atoms with E-state index >= 15 is 0 Å². The number of rotatable bonds is 5. The van der Waals surface area contributed by atoms with Gasteiger partial charge in [-0.05, 0) is 66.9 Å². The zero-order valence-electron chi connectivity index (χ0n) is 16.8. The number of fused-ring (bicyclic) bond motifs is 1. The van der Waals surface area contributed by atoms with E-state index in [-0.39, 0.29) is 10.8 Å². The molecule has 0 fully saturated rings. The molecule has 0 atom stereocenters. The molecule has 1 N–H and O–H groups in total. The Balaban J connectivity index is 1.61. The van der Waals surface area contributed by atoms with Gasteiger partial charge in [0, 0.05) is 19.2 Å². The van der Waals surface area contributed by atoms with Crippen LogP contribution in [0.25, 0.3) is 0 Å². The average molecular weight is 423 g/mol. The molecule has 0 unspecified atom stereocenters. The van der Waals surface area contributed by atoms with E-state index in [0.717, 1.165) is 16.8 Å². The van der Waals surface area contributed by atoms with Crippen LogP contribution in [0.4, 0.5) is 11.4 Å². The quantitative estimate of drug-likeness (QED) is 0.657. The number of nitrogens with zero attached hydrogens (tertiary/aromatic N) is 1. The molecule has 1 amide bonds. The minimum Gasteiger partial charge on any atom is -0.455 e. The van der Waals surface area contributed by atoms with E-state index in [0.29, 0.717) is 30.2 Å². The minimum absolute atomic E-state index is 0.0512. The van der Waals surface area contributed by atoms with Crippen LogP contribution >= 0.6 is 0 Å². The molecule has 3 aromatic rings. The van der Waals surface area contributed by atoms with Gasteiger partial charge in [0.05, 0.1) is 10.6 Å². The highest BCUT2D eigenvalue weighted by Gasteiger charge is 2.25. The Kier molecular flexibility index (Phi) is 5.22. The molecule has 0 aliphatic carbocycles. The van der Waals surface area contributed by atoms with Crippen molar-refractivity contribution in [2.24, 2.45) is 0 Å². The van der Waals surface area contributed by atoms with Crippen LogP contribution in [0.2, 0.25) is 0 Å². The number of para-hydroxylation sites is 2. The first-order valence-corrected chi connectivity index (χ1v) is 11.1. The van der Waals surface area contributed by atoms with Crippen LogP contribution in [-0.4, -0.2) is 20.9 Å². The second-order valence-corrected chi connectivity index (χ2v) is 8.91. The molecule has 0 spiro atoms. The Morgan fingerprint density at radius 3 is 2.60 bits per heavy atom. The lowest BCUT2D eigenvalue weighted by molar-refractivity contribution is -0.116. The van der Waals surface area contributed by atoms with Crippen molar-refractivity contribution in [2.75, 3.05) is 16.2 Å². The number of anilines is 2. The Morgan fingerprint density at radius 1 is 1.03 bits per heavy atom. The first-order valence-electron chi connectivity index (χ1n) is 9.61. The first-order chi connectivity index (χ1) is 14.3. The normalized spacial score (nSPS) is 13.1. The summed E-state index contributed by atoms with van der Waals surface area (Å²) in [6.07, 6.45) is 0.630. The smallest absolute Gasteiger partial charge is 0.262 e. The summed E-state index contributed by atoms with van der Waals surface area (Å²) in [5, 5.41) is 0. The van der Waals surface area contributed by atoms with Crippen LogP contribution < -0.4 is 14.4 Å². The van der Waals surface area contributed by atoms with Gasteiger partial charge in [-0.15, -0.1) is 0 Å². The standard InChI is InChI=1S/C23H22N2O4S/c1-16-6-5-7-19(14-16)29-23-9-4-3-8-21(23)24-30(27,28)20-10-11-22-18(15-20)12-13-25(22)17(2)26/h3-11,14-15,24H,12-13H2,1-2H3. The van der Waals surface area contributed by atoms with Gasteiger partial charge < -0.3 is 9.64 Å². The number of carbonyl (C=O) groups is 1. The number of ether oxygens (including phenoxy) is 1. The predicted molar refractivity (Wildman–Crippen MR) is 117 cm³/mol. The number of benzene rings is 3. The van der Waals surface area contributed by atoms with Crippen molar-refractivity contribution in [3.05, 3.63) is 77.9 Å². The van der Waals surface area contributed by atoms with Crippen LogP contribution in [0.15, 0.2) is 71.6 Å². The summed E-state index contributed by atoms with van der Waals surface area (Å²) >= 11 is 0. The fourth-order valence-electron chi connectivity index (χ4n) is 3.52. The lowest BCUT2D eigenvalue weighted by atomic mass is 10.2. The van der Waals surface area contributed by atoms with Gasteiger partial charge in [-0.25, -0.2) is 8.42 Å². The molecule has 6 nitrogen and oxygen atoms in total. The molecule has 0 aromatic heterocycles.